The molecule has 0 aromatic rings. The van der Waals surface area contributed by atoms with Crippen LogP contribution in [0.4, 0.5) is 0 Å². The van der Waals surface area contributed by atoms with Gasteiger partial charge >= 0.3 is 0 Å². The van der Waals surface area contributed by atoms with Crippen molar-refractivity contribution in [3.63, 3.8) is 0 Å². The molecular weight excluding hydrogens is 152 g/mol. The predicted octanol–water partition coefficient (Wildman–Crippen LogP) is 1.75. The summed E-state index contributed by atoms with van der Waals surface area (Å²) in [7, 11) is 0. The zero-order chi connectivity index (χ0) is 9.14. The summed E-state index contributed by atoms with van der Waals surface area (Å²) in [6.07, 6.45) is 4.55. The SMILES string of the molecule is CC(=O)C1=CC(C=O)C(C)CC1. The summed E-state index contributed by atoms with van der Waals surface area (Å²) in [6.45, 7) is 3.61. The summed E-state index contributed by atoms with van der Waals surface area (Å²) >= 11 is 0. The van der Waals surface area contributed by atoms with Crippen LogP contribution in [0.3, 0.4) is 0 Å². The molecule has 1 aliphatic carbocycles. The van der Waals surface area contributed by atoms with Crippen molar-refractivity contribution in [3.05, 3.63) is 11.6 Å². The molecule has 2 unspecified atom stereocenters. The molecule has 0 fully saturated rings. The third kappa shape index (κ3) is 1.81. The van der Waals surface area contributed by atoms with Gasteiger partial charge in [-0.1, -0.05) is 13.0 Å². The Balaban J connectivity index is 2.80. The zero-order valence-corrected chi connectivity index (χ0v) is 7.54. The van der Waals surface area contributed by atoms with Gasteiger partial charge in [-0.15, -0.1) is 0 Å². The highest BCUT2D eigenvalue weighted by molar-refractivity contribution is 5.93. The summed E-state index contributed by atoms with van der Waals surface area (Å²) in [4.78, 5) is 21.6. The van der Waals surface area contributed by atoms with Gasteiger partial charge in [0.15, 0.2) is 5.78 Å². The van der Waals surface area contributed by atoms with Crippen LogP contribution in [0.5, 0.6) is 0 Å². The van der Waals surface area contributed by atoms with Crippen LogP contribution < -0.4 is 0 Å². The van der Waals surface area contributed by atoms with Crippen molar-refractivity contribution in [2.24, 2.45) is 11.8 Å². The van der Waals surface area contributed by atoms with Crippen molar-refractivity contribution in [2.75, 3.05) is 0 Å². The number of carbonyl (C=O) groups excluding carboxylic acids is 2. The molecule has 0 saturated carbocycles. The van der Waals surface area contributed by atoms with E-state index < -0.39 is 0 Å². The monoisotopic (exact) mass is 166 g/mol. The quantitative estimate of drug-likeness (QED) is 0.585. The third-order valence-electron chi connectivity index (χ3n) is 2.53. The lowest BCUT2D eigenvalue weighted by Crippen LogP contribution is -2.18. The molecule has 1 aliphatic rings. The van der Waals surface area contributed by atoms with E-state index in [-0.39, 0.29) is 11.7 Å². The average Bonchev–Trinajstić information content (AvgIpc) is 2.05. The van der Waals surface area contributed by atoms with Crippen molar-refractivity contribution in [3.8, 4) is 0 Å². The number of rotatable bonds is 2. The highest BCUT2D eigenvalue weighted by Gasteiger charge is 2.21. The first kappa shape index (κ1) is 9.17. The predicted molar refractivity (Wildman–Crippen MR) is 46.7 cm³/mol. The van der Waals surface area contributed by atoms with Crippen LogP contribution in [0, 0.1) is 11.8 Å². The van der Waals surface area contributed by atoms with Crippen LogP contribution in [0.15, 0.2) is 11.6 Å². The molecule has 0 saturated heterocycles. The van der Waals surface area contributed by atoms with Crippen LogP contribution in [0.25, 0.3) is 0 Å². The lowest BCUT2D eigenvalue weighted by molar-refractivity contribution is -0.114. The van der Waals surface area contributed by atoms with Crippen LogP contribution >= 0.6 is 0 Å². The second-order valence-corrected chi connectivity index (χ2v) is 3.48. The highest BCUT2D eigenvalue weighted by atomic mass is 16.1. The lowest BCUT2D eigenvalue weighted by atomic mass is 9.82. The normalized spacial score (nSPS) is 29.3. The van der Waals surface area contributed by atoms with Crippen molar-refractivity contribution >= 4 is 12.1 Å². The molecule has 1 rings (SSSR count). The van der Waals surface area contributed by atoms with E-state index in [1.807, 2.05) is 13.0 Å². The fourth-order valence-corrected chi connectivity index (χ4v) is 1.52. The van der Waals surface area contributed by atoms with Gasteiger partial charge in [0.25, 0.3) is 0 Å². The third-order valence-corrected chi connectivity index (χ3v) is 2.53. The van der Waals surface area contributed by atoms with Crippen molar-refractivity contribution in [2.45, 2.75) is 26.7 Å². The van der Waals surface area contributed by atoms with Gasteiger partial charge in [-0.3, -0.25) is 4.79 Å². The molecule has 2 nitrogen and oxygen atoms in total. The number of hydrogen-bond donors (Lipinski definition) is 0. The molecule has 2 heteroatoms. The first-order chi connectivity index (χ1) is 5.65. The Hall–Kier alpha value is -0.920. The second-order valence-electron chi connectivity index (χ2n) is 3.48. The topological polar surface area (TPSA) is 34.1 Å². The molecule has 0 amide bonds. The minimum Gasteiger partial charge on any atom is -0.303 e. The van der Waals surface area contributed by atoms with Crippen LogP contribution in [0.2, 0.25) is 0 Å². The first-order valence-electron chi connectivity index (χ1n) is 4.32. The van der Waals surface area contributed by atoms with Gasteiger partial charge in [-0.25, -0.2) is 0 Å². The molecule has 0 spiro atoms. The van der Waals surface area contributed by atoms with Gasteiger partial charge in [0.05, 0.1) is 0 Å². The number of carbonyl (C=O) groups is 2. The summed E-state index contributed by atoms with van der Waals surface area (Å²) < 4.78 is 0. The van der Waals surface area contributed by atoms with E-state index >= 15 is 0 Å². The minimum absolute atomic E-state index is 0.0438. The van der Waals surface area contributed by atoms with Crippen molar-refractivity contribution < 1.29 is 9.59 Å². The van der Waals surface area contributed by atoms with E-state index in [2.05, 4.69) is 0 Å². The fraction of sp³-hybridized carbons (Fsp3) is 0.600. The molecule has 0 aliphatic heterocycles. The van der Waals surface area contributed by atoms with Gasteiger partial charge in [0.1, 0.15) is 6.29 Å². The molecule has 2 atom stereocenters. The van der Waals surface area contributed by atoms with Crippen LogP contribution in [-0.4, -0.2) is 12.1 Å². The second kappa shape index (κ2) is 3.65. The smallest absolute Gasteiger partial charge is 0.155 e. The van der Waals surface area contributed by atoms with Gasteiger partial charge in [-0.2, -0.15) is 0 Å². The van der Waals surface area contributed by atoms with E-state index in [1.165, 1.54) is 0 Å². The Morgan fingerprint density at radius 1 is 1.67 bits per heavy atom. The zero-order valence-electron chi connectivity index (χ0n) is 7.54. The van der Waals surface area contributed by atoms with Crippen molar-refractivity contribution in [1.29, 1.82) is 0 Å². The van der Waals surface area contributed by atoms with Gasteiger partial charge in [0, 0.05) is 5.92 Å². The maximum Gasteiger partial charge on any atom is 0.155 e. The molecule has 0 N–H and O–H groups in total. The number of ketones is 1. The largest absolute Gasteiger partial charge is 0.303 e. The van der Waals surface area contributed by atoms with Gasteiger partial charge < -0.3 is 4.79 Å². The van der Waals surface area contributed by atoms with Gasteiger partial charge in [0.2, 0.25) is 0 Å². The summed E-state index contributed by atoms with van der Waals surface area (Å²) in [6, 6.07) is 0. The summed E-state index contributed by atoms with van der Waals surface area (Å²) in [5.41, 5.74) is 0.824. The van der Waals surface area contributed by atoms with E-state index in [1.54, 1.807) is 6.92 Å². The number of allylic oxidation sites excluding steroid dienone is 2. The van der Waals surface area contributed by atoms with E-state index in [9.17, 15) is 9.59 Å². The Morgan fingerprint density at radius 3 is 2.83 bits per heavy atom. The summed E-state index contributed by atoms with van der Waals surface area (Å²) in [5.74, 6) is 0.456. The molecule has 0 aromatic heterocycles. The van der Waals surface area contributed by atoms with E-state index in [4.69, 9.17) is 0 Å². The van der Waals surface area contributed by atoms with Gasteiger partial charge in [-0.05, 0) is 31.3 Å². The minimum atomic E-state index is -0.0438. The Morgan fingerprint density at radius 2 is 2.33 bits per heavy atom. The summed E-state index contributed by atoms with van der Waals surface area (Å²) in [5, 5.41) is 0. The maximum atomic E-state index is 11.0. The lowest BCUT2D eigenvalue weighted by Gasteiger charge is -2.22. The number of Topliss-reactive ketones (excluding diaryl/α,β-unsaturated/α-hetero) is 1. The molecular formula is C10H14O2. The standard InChI is InChI=1S/C10H14O2/c1-7-3-4-9(8(2)12)5-10(7)6-11/h5-7,10H,3-4H2,1-2H3. The van der Waals surface area contributed by atoms with Crippen LogP contribution in [-0.2, 0) is 9.59 Å². The Labute approximate surface area is 72.7 Å². The van der Waals surface area contributed by atoms with Crippen molar-refractivity contribution in [1.82, 2.24) is 0 Å². The maximum absolute atomic E-state index is 11.0. The molecule has 12 heavy (non-hydrogen) atoms. The first-order valence-corrected chi connectivity index (χ1v) is 4.32. The Kier molecular flexibility index (Phi) is 2.79. The fourth-order valence-electron chi connectivity index (χ4n) is 1.52. The number of hydrogen-bond acceptors (Lipinski definition) is 2. The van der Waals surface area contributed by atoms with Crippen LogP contribution in [0.1, 0.15) is 26.7 Å². The molecule has 0 aromatic carbocycles. The van der Waals surface area contributed by atoms with E-state index in [0.717, 1.165) is 24.7 Å². The van der Waals surface area contributed by atoms with E-state index in [0.29, 0.717) is 5.92 Å². The molecule has 0 heterocycles. The average molecular weight is 166 g/mol. The molecule has 0 bridgehead atoms. The Bertz CT molecular complexity index is 228. The highest BCUT2D eigenvalue weighted by Crippen LogP contribution is 2.27. The molecule has 66 valence electrons. The number of aldehydes is 1. The molecule has 0 radical (unpaired) electrons.